The van der Waals surface area contributed by atoms with Crippen LogP contribution in [-0.2, 0) is 25.3 Å². The number of nitrogens with one attached hydrogen (secondary N) is 1. The number of carboxylic acids is 1. The fourth-order valence-electron chi connectivity index (χ4n) is 3.30. The monoisotopic (exact) mass is 515 g/mol. The van der Waals surface area contributed by atoms with Gasteiger partial charge in [-0.2, -0.15) is 0 Å². The lowest BCUT2D eigenvalue weighted by atomic mass is 10.0. The highest BCUT2D eigenvalue weighted by molar-refractivity contribution is 9.10. The SMILES string of the molecule is COc1ccc(Br)c(C(=O)N[C@@H](Cc2ccc(-c3cn(C)c(=O)n(C)c3=O)cc2)C(=O)O)c1. The Morgan fingerprint density at radius 3 is 2.39 bits per heavy atom. The summed E-state index contributed by atoms with van der Waals surface area (Å²) in [4.78, 5) is 48.8. The van der Waals surface area contributed by atoms with Gasteiger partial charge in [0.25, 0.3) is 11.5 Å². The Morgan fingerprint density at radius 2 is 1.79 bits per heavy atom. The van der Waals surface area contributed by atoms with Crippen molar-refractivity contribution in [3.05, 3.63) is 85.1 Å². The first-order valence-corrected chi connectivity index (χ1v) is 10.6. The van der Waals surface area contributed by atoms with Gasteiger partial charge in [-0.15, -0.1) is 0 Å². The summed E-state index contributed by atoms with van der Waals surface area (Å²) in [6.45, 7) is 0. The standard InChI is InChI=1S/C23H22BrN3O6/c1-26-12-17(21(29)27(2)23(26)32)14-6-4-13(5-7-14)10-19(22(30)31)25-20(28)16-11-15(33-3)8-9-18(16)24/h4-9,11-12,19H,10H2,1-3H3,(H,25,28)(H,30,31)/t19-/m0/s1. The molecule has 1 aromatic heterocycles. The number of ether oxygens (including phenoxy) is 1. The molecule has 2 N–H and O–H groups in total. The van der Waals surface area contributed by atoms with E-state index in [4.69, 9.17) is 4.74 Å². The maximum absolute atomic E-state index is 12.7. The lowest BCUT2D eigenvalue weighted by Crippen LogP contribution is -2.42. The van der Waals surface area contributed by atoms with Crippen LogP contribution in [0.5, 0.6) is 5.75 Å². The molecule has 33 heavy (non-hydrogen) atoms. The van der Waals surface area contributed by atoms with E-state index >= 15 is 0 Å². The number of aromatic nitrogens is 2. The highest BCUT2D eigenvalue weighted by atomic mass is 79.9. The summed E-state index contributed by atoms with van der Waals surface area (Å²) in [5.41, 5.74) is 0.982. The summed E-state index contributed by atoms with van der Waals surface area (Å²) in [5.74, 6) is -1.27. The van der Waals surface area contributed by atoms with Gasteiger partial charge in [-0.25, -0.2) is 9.59 Å². The number of rotatable bonds is 7. The van der Waals surface area contributed by atoms with Crippen LogP contribution >= 0.6 is 15.9 Å². The molecule has 3 aromatic rings. The number of amides is 1. The first-order valence-electron chi connectivity index (χ1n) is 9.85. The van der Waals surface area contributed by atoms with Gasteiger partial charge in [0.2, 0.25) is 0 Å². The smallest absolute Gasteiger partial charge is 0.330 e. The summed E-state index contributed by atoms with van der Waals surface area (Å²) >= 11 is 3.29. The number of carbonyl (C=O) groups is 2. The molecule has 1 atom stereocenters. The van der Waals surface area contributed by atoms with E-state index in [1.807, 2.05) is 0 Å². The van der Waals surface area contributed by atoms with Gasteiger partial charge >= 0.3 is 11.7 Å². The second-order valence-corrected chi connectivity index (χ2v) is 8.27. The summed E-state index contributed by atoms with van der Waals surface area (Å²) in [5, 5.41) is 12.2. The van der Waals surface area contributed by atoms with E-state index in [1.165, 1.54) is 31.0 Å². The van der Waals surface area contributed by atoms with Crippen LogP contribution in [0.4, 0.5) is 0 Å². The van der Waals surface area contributed by atoms with Crippen LogP contribution in [0.15, 0.2) is 62.7 Å². The molecule has 10 heteroatoms. The molecule has 9 nitrogen and oxygen atoms in total. The zero-order valence-electron chi connectivity index (χ0n) is 18.2. The largest absolute Gasteiger partial charge is 0.497 e. The van der Waals surface area contributed by atoms with Crippen LogP contribution in [0.25, 0.3) is 11.1 Å². The van der Waals surface area contributed by atoms with Crippen molar-refractivity contribution in [1.82, 2.24) is 14.5 Å². The predicted molar refractivity (Wildman–Crippen MR) is 126 cm³/mol. The van der Waals surface area contributed by atoms with E-state index in [2.05, 4.69) is 21.2 Å². The second kappa shape index (κ2) is 9.86. The third kappa shape index (κ3) is 5.23. The van der Waals surface area contributed by atoms with Gasteiger partial charge in [0.15, 0.2) is 0 Å². The average Bonchev–Trinajstić information content (AvgIpc) is 2.80. The molecule has 1 amide bonds. The molecule has 1 heterocycles. The van der Waals surface area contributed by atoms with Crippen molar-refractivity contribution >= 4 is 27.8 Å². The molecule has 0 aliphatic heterocycles. The molecule has 0 saturated carbocycles. The summed E-state index contributed by atoms with van der Waals surface area (Å²) < 4.78 is 7.97. The first kappa shape index (κ1) is 24.0. The number of halogens is 1. The van der Waals surface area contributed by atoms with Gasteiger partial charge in [0.05, 0.1) is 18.2 Å². The Balaban J connectivity index is 1.81. The Kier molecular flexibility index (Phi) is 7.17. The minimum atomic E-state index is -1.18. The fourth-order valence-corrected chi connectivity index (χ4v) is 3.73. The molecule has 2 aromatic carbocycles. The molecular formula is C23H22BrN3O6. The third-order valence-corrected chi connectivity index (χ3v) is 5.86. The molecular weight excluding hydrogens is 494 g/mol. The van der Waals surface area contributed by atoms with Crippen LogP contribution in [0.2, 0.25) is 0 Å². The molecule has 0 aliphatic rings. The Bertz CT molecular complexity index is 1330. The fraction of sp³-hybridized carbons (Fsp3) is 0.217. The van der Waals surface area contributed by atoms with E-state index in [-0.39, 0.29) is 12.0 Å². The van der Waals surface area contributed by atoms with Crippen molar-refractivity contribution in [2.75, 3.05) is 7.11 Å². The molecule has 0 fully saturated rings. The summed E-state index contributed by atoms with van der Waals surface area (Å²) in [6.07, 6.45) is 1.50. The van der Waals surface area contributed by atoms with Gasteiger partial charge in [0, 0.05) is 31.2 Å². The normalized spacial score (nSPS) is 11.6. The number of aryl methyl sites for hydroxylation is 1. The molecule has 3 rings (SSSR count). The van der Waals surface area contributed by atoms with E-state index < -0.39 is 29.2 Å². The number of aliphatic carboxylic acids is 1. The number of carbonyl (C=O) groups excluding carboxylic acids is 1. The molecule has 0 unspecified atom stereocenters. The van der Waals surface area contributed by atoms with Gasteiger partial charge in [-0.05, 0) is 45.3 Å². The Morgan fingerprint density at radius 1 is 1.12 bits per heavy atom. The number of benzene rings is 2. The van der Waals surface area contributed by atoms with Gasteiger partial charge in [-0.1, -0.05) is 24.3 Å². The molecule has 0 bridgehead atoms. The lowest BCUT2D eigenvalue weighted by Gasteiger charge is -2.16. The van der Waals surface area contributed by atoms with E-state index in [1.54, 1.807) is 43.4 Å². The maximum Gasteiger partial charge on any atom is 0.330 e. The number of carboxylic acid groups (broad SMARTS) is 1. The van der Waals surface area contributed by atoms with Crippen molar-refractivity contribution in [2.45, 2.75) is 12.5 Å². The van der Waals surface area contributed by atoms with E-state index in [9.17, 15) is 24.3 Å². The number of hydrogen-bond acceptors (Lipinski definition) is 5. The van der Waals surface area contributed by atoms with Crippen LogP contribution < -0.4 is 21.3 Å². The second-order valence-electron chi connectivity index (χ2n) is 7.41. The Hall–Kier alpha value is -3.66. The van der Waals surface area contributed by atoms with Crippen molar-refractivity contribution in [3.8, 4) is 16.9 Å². The highest BCUT2D eigenvalue weighted by Gasteiger charge is 2.23. The zero-order chi connectivity index (χ0) is 24.3. The van der Waals surface area contributed by atoms with Gasteiger partial charge < -0.3 is 19.7 Å². The van der Waals surface area contributed by atoms with Crippen LogP contribution in [-0.4, -0.2) is 39.3 Å². The van der Waals surface area contributed by atoms with E-state index in [0.717, 1.165) is 4.57 Å². The minimum Gasteiger partial charge on any atom is -0.497 e. The van der Waals surface area contributed by atoms with Crippen LogP contribution in [0, 0.1) is 0 Å². The third-order valence-electron chi connectivity index (χ3n) is 5.17. The number of nitrogens with zero attached hydrogens (tertiary/aromatic N) is 2. The number of methoxy groups -OCH3 is 1. The Labute approximate surface area is 197 Å². The average molecular weight is 516 g/mol. The van der Waals surface area contributed by atoms with Crippen LogP contribution in [0.1, 0.15) is 15.9 Å². The number of hydrogen-bond donors (Lipinski definition) is 2. The summed E-state index contributed by atoms with van der Waals surface area (Å²) in [7, 11) is 4.43. The maximum atomic E-state index is 12.7. The van der Waals surface area contributed by atoms with Crippen molar-refractivity contribution in [1.29, 1.82) is 0 Å². The van der Waals surface area contributed by atoms with E-state index in [0.29, 0.717) is 26.9 Å². The van der Waals surface area contributed by atoms with Crippen molar-refractivity contribution < 1.29 is 19.4 Å². The lowest BCUT2D eigenvalue weighted by molar-refractivity contribution is -0.139. The molecule has 172 valence electrons. The topological polar surface area (TPSA) is 120 Å². The molecule has 0 radical (unpaired) electrons. The van der Waals surface area contributed by atoms with Crippen molar-refractivity contribution in [2.24, 2.45) is 14.1 Å². The van der Waals surface area contributed by atoms with Gasteiger partial charge in [-0.3, -0.25) is 14.2 Å². The molecule has 0 aliphatic carbocycles. The quantitative estimate of drug-likeness (QED) is 0.496. The zero-order valence-corrected chi connectivity index (χ0v) is 19.8. The highest BCUT2D eigenvalue weighted by Crippen LogP contribution is 2.23. The molecule has 0 saturated heterocycles. The first-order chi connectivity index (χ1) is 15.6. The van der Waals surface area contributed by atoms with Gasteiger partial charge in [0.1, 0.15) is 11.8 Å². The van der Waals surface area contributed by atoms with Crippen LogP contribution in [0.3, 0.4) is 0 Å². The molecule has 0 spiro atoms. The predicted octanol–water partition coefficient (Wildman–Crippen LogP) is 1.95. The summed E-state index contributed by atoms with van der Waals surface area (Å²) in [6, 6.07) is 10.4. The minimum absolute atomic E-state index is 0.0359. The van der Waals surface area contributed by atoms with Crippen molar-refractivity contribution in [3.63, 3.8) is 0 Å².